The zero-order valence-corrected chi connectivity index (χ0v) is 18.7. The van der Waals surface area contributed by atoms with Gasteiger partial charge < -0.3 is 10.6 Å². The molecule has 2 aromatic rings. The Hall–Kier alpha value is -2.89. The smallest absolute Gasteiger partial charge is 0.325 e. The topological polar surface area (TPSA) is 78.5 Å². The van der Waals surface area contributed by atoms with E-state index >= 15 is 0 Å². The number of imide groups is 1. The maximum absolute atomic E-state index is 13.2. The van der Waals surface area contributed by atoms with E-state index < -0.39 is 11.6 Å². The van der Waals surface area contributed by atoms with Crippen molar-refractivity contribution in [2.75, 3.05) is 6.54 Å². The van der Waals surface area contributed by atoms with Crippen LogP contribution in [0.4, 0.5) is 4.79 Å². The highest BCUT2D eigenvalue weighted by atomic mass is 16.2. The lowest BCUT2D eigenvalue weighted by molar-refractivity contribution is -0.137. The lowest BCUT2D eigenvalue weighted by Gasteiger charge is -2.43. The highest BCUT2D eigenvalue weighted by Crippen LogP contribution is 2.46. The maximum atomic E-state index is 13.2. The number of hydrogen-bond acceptors (Lipinski definition) is 3. The number of nitrogens with one attached hydrogen (secondary N) is 2. The number of hydrogen-bond donors (Lipinski definition) is 2. The van der Waals surface area contributed by atoms with E-state index in [1.807, 2.05) is 43.3 Å². The Kier molecular flexibility index (Phi) is 5.28. The summed E-state index contributed by atoms with van der Waals surface area (Å²) in [4.78, 5) is 39.6. The third-order valence-electron chi connectivity index (χ3n) is 6.58. The monoisotopic (exact) mass is 421 g/mol. The molecule has 6 heteroatoms. The molecular weight excluding hydrogens is 390 g/mol. The van der Waals surface area contributed by atoms with Crippen LogP contribution in [0.1, 0.15) is 58.6 Å². The summed E-state index contributed by atoms with van der Waals surface area (Å²) in [5.41, 5.74) is 0.0509. The number of carbonyl (C=O) groups excluding carboxylic acids is 3. The van der Waals surface area contributed by atoms with Crippen LogP contribution in [0.2, 0.25) is 0 Å². The van der Waals surface area contributed by atoms with Crippen LogP contribution in [0.3, 0.4) is 0 Å². The number of nitrogens with zero attached hydrogens (tertiary/aromatic N) is 1. The summed E-state index contributed by atoms with van der Waals surface area (Å²) in [6.45, 7) is 8.01. The summed E-state index contributed by atoms with van der Waals surface area (Å²) < 4.78 is 0. The van der Waals surface area contributed by atoms with E-state index in [-0.39, 0.29) is 29.8 Å². The lowest BCUT2D eigenvalue weighted by Crippen LogP contribution is -2.54. The number of amides is 4. The molecule has 4 rings (SSSR count). The molecule has 1 saturated heterocycles. The maximum Gasteiger partial charge on any atom is 0.325 e. The summed E-state index contributed by atoms with van der Waals surface area (Å²) in [7, 11) is 0. The van der Waals surface area contributed by atoms with Crippen LogP contribution in [0.5, 0.6) is 0 Å². The van der Waals surface area contributed by atoms with Gasteiger partial charge in [0.2, 0.25) is 5.91 Å². The molecule has 0 radical (unpaired) electrons. The molecule has 31 heavy (non-hydrogen) atoms. The van der Waals surface area contributed by atoms with Gasteiger partial charge in [-0.05, 0) is 59.9 Å². The Morgan fingerprint density at radius 3 is 2.58 bits per heavy atom. The van der Waals surface area contributed by atoms with Gasteiger partial charge in [0.1, 0.15) is 12.1 Å². The van der Waals surface area contributed by atoms with Crippen molar-refractivity contribution in [3.63, 3.8) is 0 Å². The molecular formula is C25H31N3O3. The van der Waals surface area contributed by atoms with E-state index in [0.29, 0.717) is 18.8 Å². The zero-order valence-electron chi connectivity index (χ0n) is 18.7. The molecule has 4 amide bonds. The average Bonchev–Trinajstić information content (AvgIpc) is 2.89. The minimum Gasteiger partial charge on any atom is -0.348 e. The number of urea groups is 1. The summed E-state index contributed by atoms with van der Waals surface area (Å²) >= 11 is 0. The van der Waals surface area contributed by atoms with E-state index in [9.17, 15) is 14.4 Å². The van der Waals surface area contributed by atoms with Gasteiger partial charge in [0, 0.05) is 0 Å². The van der Waals surface area contributed by atoms with Gasteiger partial charge in [-0.25, -0.2) is 4.79 Å². The van der Waals surface area contributed by atoms with E-state index in [1.165, 1.54) is 0 Å². The molecule has 3 atom stereocenters. The van der Waals surface area contributed by atoms with Crippen molar-refractivity contribution < 1.29 is 14.4 Å². The Balaban J connectivity index is 1.44. The molecule has 0 aromatic heterocycles. The van der Waals surface area contributed by atoms with Crippen LogP contribution in [-0.4, -0.2) is 34.8 Å². The quantitative estimate of drug-likeness (QED) is 0.728. The summed E-state index contributed by atoms with van der Waals surface area (Å²) in [6, 6.07) is 13.4. The van der Waals surface area contributed by atoms with Gasteiger partial charge in [-0.1, -0.05) is 57.2 Å². The molecule has 2 N–H and O–H groups in total. The van der Waals surface area contributed by atoms with E-state index in [2.05, 4.69) is 37.5 Å². The van der Waals surface area contributed by atoms with Crippen molar-refractivity contribution in [1.29, 1.82) is 0 Å². The van der Waals surface area contributed by atoms with Crippen molar-refractivity contribution in [2.45, 2.75) is 58.5 Å². The van der Waals surface area contributed by atoms with Crippen molar-refractivity contribution in [3.8, 4) is 0 Å². The first-order valence-corrected chi connectivity index (χ1v) is 11.0. The molecule has 2 aromatic carbocycles. The van der Waals surface area contributed by atoms with Crippen LogP contribution in [-0.2, 0) is 9.59 Å². The van der Waals surface area contributed by atoms with Crippen molar-refractivity contribution >= 4 is 28.6 Å². The van der Waals surface area contributed by atoms with Gasteiger partial charge in [-0.2, -0.15) is 0 Å². The summed E-state index contributed by atoms with van der Waals surface area (Å²) in [5, 5.41) is 8.10. The molecule has 2 fully saturated rings. The molecule has 1 aliphatic heterocycles. The van der Waals surface area contributed by atoms with Crippen molar-refractivity contribution in [3.05, 3.63) is 48.0 Å². The molecule has 1 spiro atoms. The first-order valence-electron chi connectivity index (χ1n) is 11.0. The molecule has 164 valence electrons. The minimum absolute atomic E-state index is 0.0382. The number of fused-ring (bicyclic) bond motifs is 1. The molecule has 0 unspecified atom stereocenters. The molecule has 1 heterocycles. The molecule has 1 aliphatic carbocycles. The summed E-state index contributed by atoms with van der Waals surface area (Å²) in [6.07, 6.45) is 2.23. The fourth-order valence-corrected chi connectivity index (χ4v) is 5.64. The fraction of sp³-hybridized carbons (Fsp3) is 0.480. The second-order valence-corrected chi connectivity index (χ2v) is 10.2. The largest absolute Gasteiger partial charge is 0.348 e. The van der Waals surface area contributed by atoms with Crippen LogP contribution < -0.4 is 10.6 Å². The van der Waals surface area contributed by atoms with Gasteiger partial charge >= 0.3 is 6.03 Å². The van der Waals surface area contributed by atoms with Gasteiger partial charge in [0.15, 0.2) is 0 Å². The minimum atomic E-state index is -0.886. The summed E-state index contributed by atoms with van der Waals surface area (Å²) in [5.74, 6) is -0.287. The average molecular weight is 422 g/mol. The first kappa shape index (κ1) is 21.3. The second kappa shape index (κ2) is 7.66. The molecule has 2 aliphatic rings. The Morgan fingerprint density at radius 2 is 1.87 bits per heavy atom. The Labute approximate surface area is 183 Å². The van der Waals surface area contributed by atoms with Crippen LogP contribution in [0.15, 0.2) is 42.5 Å². The highest BCUT2D eigenvalue weighted by molar-refractivity contribution is 6.09. The van der Waals surface area contributed by atoms with E-state index in [0.717, 1.165) is 27.7 Å². The molecule has 1 saturated carbocycles. The van der Waals surface area contributed by atoms with Crippen LogP contribution in [0, 0.1) is 11.3 Å². The second-order valence-electron chi connectivity index (χ2n) is 10.2. The number of rotatable bonds is 4. The standard InChI is InChI=1S/C25H31N3O3/c1-16-12-24(3,4)15-25(13-16)22(30)28(23(31)27-25)14-21(29)26-17(2)19-10-9-18-7-5-6-8-20(18)11-19/h5-11,16-17H,12-15H2,1-4H3,(H,26,29)(H,27,31)/t16-,17-,25-/m0/s1. The van der Waals surface area contributed by atoms with Gasteiger partial charge in [-0.15, -0.1) is 0 Å². The molecule has 6 nitrogen and oxygen atoms in total. The van der Waals surface area contributed by atoms with Crippen molar-refractivity contribution in [2.24, 2.45) is 11.3 Å². The third kappa shape index (κ3) is 4.16. The first-order chi connectivity index (χ1) is 14.6. The predicted octanol–water partition coefficient (Wildman–Crippen LogP) is 4.15. The van der Waals surface area contributed by atoms with Gasteiger partial charge in [0.25, 0.3) is 5.91 Å². The van der Waals surface area contributed by atoms with Crippen LogP contribution >= 0.6 is 0 Å². The Morgan fingerprint density at radius 1 is 1.16 bits per heavy atom. The van der Waals surface area contributed by atoms with Crippen molar-refractivity contribution in [1.82, 2.24) is 15.5 Å². The fourth-order valence-electron chi connectivity index (χ4n) is 5.64. The van der Waals surface area contributed by atoms with E-state index in [1.54, 1.807) is 0 Å². The van der Waals surface area contributed by atoms with E-state index in [4.69, 9.17) is 0 Å². The van der Waals surface area contributed by atoms with Crippen LogP contribution in [0.25, 0.3) is 10.8 Å². The number of benzene rings is 2. The zero-order chi connectivity index (χ0) is 22.4. The van der Waals surface area contributed by atoms with Gasteiger partial charge in [0.05, 0.1) is 6.04 Å². The third-order valence-corrected chi connectivity index (χ3v) is 6.58. The highest BCUT2D eigenvalue weighted by Gasteiger charge is 2.56. The normalized spacial score (nSPS) is 26.2. The SMILES string of the molecule is C[C@H]1CC(C)(C)C[C@]2(C1)NC(=O)N(CC(=O)N[C@@H](C)c1ccc3ccccc3c1)C2=O. The lowest BCUT2D eigenvalue weighted by atomic mass is 9.64. The predicted molar refractivity (Wildman–Crippen MR) is 120 cm³/mol. The molecule has 0 bridgehead atoms. The van der Waals surface area contributed by atoms with Gasteiger partial charge in [-0.3, -0.25) is 14.5 Å². The number of carbonyl (C=O) groups is 3. The Bertz CT molecular complexity index is 1050.